The Bertz CT molecular complexity index is 872. The van der Waals surface area contributed by atoms with Gasteiger partial charge < -0.3 is 9.47 Å². The van der Waals surface area contributed by atoms with Crippen molar-refractivity contribution in [1.29, 1.82) is 0 Å². The van der Waals surface area contributed by atoms with Gasteiger partial charge in [0.05, 0.1) is 14.2 Å². The molecule has 0 spiro atoms. The van der Waals surface area contributed by atoms with Crippen LogP contribution in [0.4, 0.5) is 0 Å². The molecular weight excluding hydrogens is 376 g/mol. The van der Waals surface area contributed by atoms with Crippen LogP contribution >= 0.6 is 0 Å². The molecule has 0 heterocycles. The van der Waals surface area contributed by atoms with Crippen LogP contribution in [0.2, 0.25) is 0 Å². The van der Waals surface area contributed by atoms with Crippen LogP contribution in [-0.4, -0.2) is 25.8 Å². The molecule has 4 heteroatoms. The van der Waals surface area contributed by atoms with Gasteiger partial charge in [-0.3, -0.25) is 9.59 Å². The summed E-state index contributed by atoms with van der Waals surface area (Å²) < 4.78 is 10.4. The molecule has 0 amide bonds. The summed E-state index contributed by atoms with van der Waals surface area (Å²) in [5, 5.41) is 0. The lowest BCUT2D eigenvalue weighted by Gasteiger charge is -2.27. The highest BCUT2D eigenvalue weighted by atomic mass is 16.5. The van der Waals surface area contributed by atoms with Crippen molar-refractivity contribution in [3.05, 3.63) is 71.3 Å². The summed E-state index contributed by atoms with van der Waals surface area (Å²) in [7, 11) is 3.20. The Labute approximate surface area is 179 Å². The second kappa shape index (κ2) is 10.8. The first-order chi connectivity index (χ1) is 14.3. The highest BCUT2D eigenvalue weighted by Crippen LogP contribution is 2.32. The molecule has 0 radical (unpaired) electrons. The average Bonchev–Trinajstić information content (AvgIpc) is 2.75. The van der Waals surface area contributed by atoms with Crippen molar-refractivity contribution in [1.82, 2.24) is 0 Å². The zero-order valence-corrected chi connectivity index (χ0v) is 18.8. The molecule has 0 aliphatic heterocycles. The number of hydrogen-bond donors (Lipinski definition) is 0. The topological polar surface area (TPSA) is 52.6 Å². The van der Waals surface area contributed by atoms with Gasteiger partial charge in [0.25, 0.3) is 0 Å². The third-order valence-corrected chi connectivity index (χ3v) is 5.34. The summed E-state index contributed by atoms with van der Waals surface area (Å²) in [5.41, 5.74) is 2.32. The summed E-state index contributed by atoms with van der Waals surface area (Å²) in [4.78, 5) is 26.4. The van der Waals surface area contributed by atoms with E-state index in [0.717, 1.165) is 5.57 Å². The van der Waals surface area contributed by atoms with E-state index in [1.54, 1.807) is 62.8 Å². The summed E-state index contributed by atoms with van der Waals surface area (Å²) in [6, 6.07) is 14.3. The number of carbonyl (C=O) groups is 2. The van der Waals surface area contributed by atoms with E-state index in [1.165, 1.54) is 0 Å². The van der Waals surface area contributed by atoms with E-state index < -0.39 is 0 Å². The van der Waals surface area contributed by atoms with Crippen molar-refractivity contribution < 1.29 is 19.1 Å². The smallest absolute Gasteiger partial charge is 0.170 e. The van der Waals surface area contributed by atoms with Gasteiger partial charge in [0, 0.05) is 23.5 Å². The van der Waals surface area contributed by atoms with E-state index in [-0.39, 0.29) is 29.3 Å². The van der Waals surface area contributed by atoms with Crippen LogP contribution in [0, 0.1) is 17.8 Å². The fourth-order valence-electron chi connectivity index (χ4n) is 3.59. The number of benzene rings is 2. The molecule has 0 saturated heterocycles. The lowest BCUT2D eigenvalue weighted by Crippen LogP contribution is -2.29. The van der Waals surface area contributed by atoms with E-state index in [4.69, 9.17) is 9.47 Å². The van der Waals surface area contributed by atoms with Gasteiger partial charge in [0.1, 0.15) is 11.5 Å². The molecule has 0 aromatic heterocycles. The third kappa shape index (κ3) is 6.06. The molecule has 2 aromatic carbocycles. The Balaban J connectivity index is 2.32. The number of ether oxygens (including phenoxy) is 2. The minimum Gasteiger partial charge on any atom is -0.497 e. The van der Waals surface area contributed by atoms with Gasteiger partial charge >= 0.3 is 0 Å². The molecule has 160 valence electrons. The van der Waals surface area contributed by atoms with E-state index in [2.05, 4.69) is 13.8 Å². The first-order valence-electron chi connectivity index (χ1n) is 10.3. The number of allylic oxidation sites excluding steroid dienone is 2. The Hall–Kier alpha value is -2.88. The molecule has 4 nitrogen and oxygen atoms in total. The van der Waals surface area contributed by atoms with Crippen molar-refractivity contribution in [3.8, 4) is 11.5 Å². The second-order valence-electron chi connectivity index (χ2n) is 8.13. The van der Waals surface area contributed by atoms with Crippen molar-refractivity contribution in [2.75, 3.05) is 14.2 Å². The van der Waals surface area contributed by atoms with Gasteiger partial charge in [-0.1, -0.05) is 25.5 Å². The van der Waals surface area contributed by atoms with Crippen LogP contribution < -0.4 is 9.47 Å². The number of methoxy groups -OCH3 is 2. The number of hydrogen-bond acceptors (Lipinski definition) is 4. The molecule has 2 atom stereocenters. The van der Waals surface area contributed by atoms with Crippen LogP contribution in [-0.2, 0) is 0 Å². The van der Waals surface area contributed by atoms with Gasteiger partial charge in [0.15, 0.2) is 11.6 Å². The van der Waals surface area contributed by atoms with Crippen LogP contribution in [0.15, 0.2) is 60.2 Å². The SMILES string of the molecule is COc1ccc(C(=O)C[C@@H](C(C)C)[C@H](C=C(C)C)C(=O)c2ccc(OC)cc2)cc1. The number of Topliss-reactive ketones (excluding diaryl/α,β-unsaturated/α-hetero) is 2. The molecule has 0 fully saturated rings. The molecule has 30 heavy (non-hydrogen) atoms. The van der Waals surface area contributed by atoms with Gasteiger partial charge in [-0.2, -0.15) is 0 Å². The van der Waals surface area contributed by atoms with E-state index in [0.29, 0.717) is 29.0 Å². The van der Waals surface area contributed by atoms with Gasteiger partial charge in [-0.05, 0) is 74.2 Å². The molecule has 2 aromatic rings. The predicted octanol–water partition coefficient (Wildman–Crippen LogP) is 6.01. The number of rotatable bonds is 10. The summed E-state index contributed by atoms with van der Waals surface area (Å²) in [6.45, 7) is 8.10. The lowest BCUT2D eigenvalue weighted by atomic mass is 9.75. The van der Waals surface area contributed by atoms with E-state index in [1.807, 2.05) is 19.9 Å². The summed E-state index contributed by atoms with van der Waals surface area (Å²) in [5.74, 6) is 1.17. The minimum absolute atomic E-state index is 0.0279. The third-order valence-electron chi connectivity index (χ3n) is 5.34. The van der Waals surface area contributed by atoms with Crippen LogP contribution in [0.3, 0.4) is 0 Å². The van der Waals surface area contributed by atoms with Crippen molar-refractivity contribution in [2.24, 2.45) is 17.8 Å². The molecule has 0 bridgehead atoms. The fourth-order valence-corrected chi connectivity index (χ4v) is 3.59. The van der Waals surface area contributed by atoms with E-state index in [9.17, 15) is 9.59 Å². The highest BCUT2D eigenvalue weighted by Gasteiger charge is 2.31. The van der Waals surface area contributed by atoms with Crippen molar-refractivity contribution in [3.63, 3.8) is 0 Å². The lowest BCUT2D eigenvalue weighted by molar-refractivity contribution is 0.0839. The predicted molar refractivity (Wildman–Crippen MR) is 121 cm³/mol. The quantitative estimate of drug-likeness (QED) is 0.357. The Kier molecular flexibility index (Phi) is 8.40. The zero-order chi connectivity index (χ0) is 22.3. The number of ketones is 2. The van der Waals surface area contributed by atoms with Crippen LogP contribution in [0.25, 0.3) is 0 Å². The Morgan fingerprint density at radius 1 is 0.833 bits per heavy atom. The number of carbonyl (C=O) groups excluding carboxylic acids is 2. The maximum Gasteiger partial charge on any atom is 0.170 e. The molecule has 0 aliphatic carbocycles. The average molecular weight is 409 g/mol. The molecule has 0 aliphatic rings. The van der Waals surface area contributed by atoms with Crippen LogP contribution in [0.1, 0.15) is 54.8 Å². The Morgan fingerprint density at radius 3 is 1.70 bits per heavy atom. The van der Waals surface area contributed by atoms with E-state index >= 15 is 0 Å². The summed E-state index contributed by atoms with van der Waals surface area (Å²) >= 11 is 0. The van der Waals surface area contributed by atoms with Gasteiger partial charge in [-0.25, -0.2) is 0 Å². The summed E-state index contributed by atoms with van der Waals surface area (Å²) in [6.07, 6.45) is 2.30. The molecule has 0 N–H and O–H groups in total. The molecule has 0 saturated carbocycles. The monoisotopic (exact) mass is 408 g/mol. The van der Waals surface area contributed by atoms with Crippen molar-refractivity contribution in [2.45, 2.75) is 34.1 Å². The molecule has 2 rings (SSSR count). The fraction of sp³-hybridized carbons (Fsp3) is 0.385. The first-order valence-corrected chi connectivity index (χ1v) is 10.3. The normalized spacial score (nSPS) is 12.8. The minimum atomic E-state index is -0.370. The second-order valence-corrected chi connectivity index (χ2v) is 8.13. The van der Waals surface area contributed by atoms with Gasteiger partial charge in [0.2, 0.25) is 0 Å². The molecular formula is C26H32O4. The van der Waals surface area contributed by atoms with Crippen LogP contribution in [0.5, 0.6) is 11.5 Å². The Morgan fingerprint density at radius 2 is 1.30 bits per heavy atom. The standard InChI is InChI=1S/C26H32O4/c1-17(2)15-24(26(28)20-9-13-22(30-6)14-10-20)23(18(3)4)16-25(27)19-7-11-21(29-5)12-8-19/h7-15,18,23-24H,16H2,1-6H3/t23-,24-/m0/s1. The first kappa shape index (κ1) is 23.4. The highest BCUT2D eigenvalue weighted by molar-refractivity contribution is 6.01. The maximum absolute atomic E-state index is 13.4. The molecule has 0 unspecified atom stereocenters. The zero-order valence-electron chi connectivity index (χ0n) is 18.8. The van der Waals surface area contributed by atoms with Crippen molar-refractivity contribution >= 4 is 11.6 Å². The van der Waals surface area contributed by atoms with Gasteiger partial charge in [-0.15, -0.1) is 0 Å². The maximum atomic E-state index is 13.4. The largest absolute Gasteiger partial charge is 0.497 e.